The van der Waals surface area contributed by atoms with Crippen molar-refractivity contribution in [2.45, 2.75) is 20.1 Å². The minimum Gasteiger partial charge on any atom is -0.384 e. The first-order valence-electron chi connectivity index (χ1n) is 6.76. The Morgan fingerprint density at radius 1 is 1.29 bits per heavy atom. The molecule has 1 aromatic heterocycles. The maximum atomic E-state index is 5.85. The number of hydrogen-bond acceptors (Lipinski definition) is 5. The van der Waals surface area contributed by atoms with Crippen LogP contribution in [-0.2, 0) is 17.9 Å². The summed E-state index contributed by atoms with van der Waals surface area (Å²) < 4.78 is 6.42. The predicted octanol–water partition coefficient (Wildman–Crippen LogP) is 2.99. The first kappa shape index (κ1) is 15.7. The van der Waals surface area contributed by atoms with Gasteiger partial charge in [0, 0.05) is 30.7 Å². The van der Waals surface area contributed by atoms with E-state index >= 15 is 0 Å². The van der Waals surface area contributed by atoms with Crippen LogP contribution >= 0.6 is 15.9 Å². The predicted molar refractivity (Wildman–Crippen MR) is 88.0 cm³/mol. The summed E-state index contributed by atoms with van der Waals surface area (Å²) in [6.45, 7) is 3.66. The molecule has 2 aromatic rings. The average Bonchev–Trinajstić information content (AvgIpc) is 2.47. The van der Waals surface area contributed by atoms with Gasteiger partial charge in [-0.1, -0.05) is 34.1 Å². The zero-order chi connectivity index (χ0) is 15.2. The minimum absolute atomic E-state index is 0.372. The second kappa shape index (κ2) is 7.38. The fourth-order valence-corrected chi connectivity index (χ4v) is 2.33. The monoisotopic (exact) mass is 350 g/mol. The lowest BCUT2D eigenvalue weighted by atomic mass is 10.2. The third-order valence-corrected chi connectivity index (χ3v) is 3.74. The van der Waals surface area contributed by atoms with Crippen molar-refractivity contribution in [1.82, 2.24) is 9.97 Å². The zero-order valence-corrected chi connectivity index (χ0v) is 13.8. The highest BCUT2D eigenvalue weighted by Gasteiger charge is 2.09. The van der Waals surface area contributed by atoms with E-state index in [1.807, 2.05) is 37.1 Å². The van der Waals surface area contributed by atoms with Crippen LogP contribution in [0.2, 0.25) is 0 Å². The maximum Gasteiger partial charge on any atom is 0.158 e. The van der Waals surface area contributed by atoms with Crippen molar-refractivity contribution >= 4 is 27.6 Å². The number of aromatic nitrogens is 2. The summed E-state index contributed by atoms with van der Waals surface area (Å²) in [5, 5.41) is 0. The number of halogens is 1. The highest BCUT2D eigenvalue weighted by atomic mass is 79.9. The van der Waals surface area contributed by atoms with E-state index in [9.17, 15) is 0 Å². The first-order valence-corrected chi connectivity index (χ1v) is 7.55. The molecule has 1 heterocycles. The molecule has 0 saturated carbocycles. The summed E-state index contributed by atoms with van der Waals surface area (Å²) >= 11 is 3.56. The van der Waals surface area contributed by atoms with Crippen LogP contribution in [0.4, 0.5) is 11.6 Å². The van der Waals surface area contributed by atoms with E-state index in [0.717, 1.165) is 16.8 Å². The molecule has 0 amide bonds. The molecule has 0 atom stereocenters. The van der Waals surface area contributed by atoms with Crippen LogP contribution < -0.4 is 10.6 Å². The van der Waals surface area contributed by atoms with E-state index in [1.165, 1.54) is 5.56 Å². The molecule has 6 heteroatoms. The fraction of sp³-hybridized carbons (Fsp3) is 0.333. The van der Waals surface area contributed by atoms with Crippen LogP contribution in [0.25, 0.3) is 0 Å². The third-order valence-electron chi connectivity index (χ3n) is 2.97. The molecule has 2 N–H and O–H groups in total. The smallest absolute Gasteiger partial charge is 0.158 e. The Morgan fingerprint density at radius 2 is 2.05 bits per heavy atom. The van der Waals surface area contributed by atoms with Gasteiger partial charge in [-0.05, 0) is 18.6 Å². The molecule has 1 aromatic carbocycles. The molecule has 0 saturated heterocycles. The molecular formula is C15H19BrN4O. The fourth-order valence-electron chi connectivity index (χ4n) is 1.92. The minimum atomic E-state index is 0.372. The third kappa shape index (κ3) is 4.41. The Morgan fingerprint density at radius 3 is 2.76 bits per heavy atom. The standard InChI is InChI=1S/C15H19BrN4O/c1-3-21-10-14-18-13(17)8-15(19-14)20(2)9-11-6-4-5-7-12(11)16/h4-8H,3,9-10H2,1-2H3,(H2,17,18,19). The van der Waals surface area contributed by atoms with Crippen molar-refractivity contribution in [3.63, 3.8) is 0 Å². The van der Waals surface area contributed by atoms with Crippen molar-refractivity contribution in [2.24, 2.45) is 0 Å². The first-order chi connectivity index (χ1) is 10.1. The number of nitrogens with zero attached hydrogens (tertiary/aromatic N) is 3. The highest BCUT2D eigenvalue weighted by molar-refractivity contribution is 9.10. The Balaban J connectivity index is 2.16. The molecule has 21 heavy (non-hydrogen) atoms. The van der Waals surface area contributed by atoms with Gasteiger partial charge in [0.05, 0.1) is 0 Å². The van der Waals surface area contributed by atoms with Crippen LogP contribution in [0.3, 0.4) is 0 Å². The van der Waals surface area contributed by atoms with Crippen LogP contribution in [0.5, 0.6) is 0 Å². The number of benzene rings is 1. The average molecular weight is 351 g/mol. The molecule has 5 nitrogen and oxygen atoms in total. The summed E-state index contributed by atoms with van der Waals surface area (Å²) in [6, 6.07) is 9.88. The van der Waals surface area contributed by atoms with Gasteiger partial charge in [0.25, 0.3) is 0 Å². The van der Waals surface area contributed by atoms with E-state index in [-0.39, 0.29) is 0 Å². The molecule has 2 rings (SSSR count). The SMILES string of the molecule is CCOCc1nc(N)cc(N(C)Cc2ccccc2Br)n1. The van der Waals surface area contributed by atoms with E-state index in [1.54, 1.807) is 6.07 Å². The van der Waals surface area contributed by atoms with Gasteiger partial charge in [0.1, 0.15) is 18.2 Å². The molecule has 0 aliphatic rings. The molecule has 0 radical (unpaired) electrons. The van der Waals surface area contributed by atoms with Gasteiger partial charge >= 0.3 is 0 Å². The van der Waals surface area contributed by atoms with Crippen molar-refractivity contribution in [3.05, 3.63) is 46.2 Å². The van der Waals surface area contributed by atoms with Gasteiger partial charge in [0.15, 0.2) is 5.82 Å². The van der Waals surface area contributed by atoms with Gasteiger partial charge in [-0.15, -0.1) is 0 Å². The summed E-state index contributed by atoms with van der Waals surface area (Å²) in [5.74, 6) is 1.84. The van der Waals surface area contributed by atoms with Crippen molar-refractivity contribution < 1.29 is 4.74 Å². The number of anilines is 2. The van der Waals surface area contributed by atoms with Gasteiger partial charge in [-0.2, -0.15) is 0 Å². The van der Waals surface area contributed by atoms with Crippen LogP contribution in [0.15, 0.2) is 34.8 Å². The lowest BCUT2D eigenvalue weighted by Gasteiger charge is -2.20. The maximum absolute atomic E-state index is 5.85. The van der Waals surface area contributed by atoms with E-state index < -0.39 is 0 Å². The topological polar surface area (TPSA) is 64.3 Å². The Labute approximate surface area is 133 Å². The molecule has 0 unspecified atom stereocenters. The summed E-state index contributed by atoms with van der Waals surface area (Å²) in [4.78, 5) is 10.7. The van der Waals surface area contributed by atoms with Crippen LogP contribution in [0.1, 0.15) is 18.3 Å². The van der Waals surface area contributed by atoms with Gasteiger partial charge in [-0.25, -0.2) is 9.97 Å². The number of hydrogen-bond donors (Lipinski definition) is 1. The van der Waals surface area contributed by atoms with Gasteiger partial charge in [0.2, 0.25) is 0 Å². The Kier molecular flexibility index (Phi) is 5.52. The number of rotatable bonds is 6. The number of ether oxygens (including phenoxy) is 1. The summed E-state index contributed by atoms with van der Waals surface area (Å²) in [7, 11) is 1.98. The molecule has 0 fully saturated rings. The van der Waals surface area contributed by atoms with Crippen molar-refractivity contribution in [1.29, 1.82) is 0 Å². The van der Waals surface area contributed by atoms with E-state index in [0.29, 0.717) is 24.9 Å². The highest BCUT2D eigenvalue weighted by Crippen LogP contribution is 2.21. The van der Waals surface area contributed by atoms with Gasteiger partial charge < -0.3 is 15.4 Å². The quantitative estimate of drug-likeness (QED) is 0.867. The number of nitrogens with two attached hydrogens (primary N) is 1. The van der Waals surface area contributed by atoms with E-state index in [4.69, 9.17) is 10.5 Å². The lowest BCUT2D eigenvalue weighted by molar-refractivity contribution is 0.128. The molecule has 0 aliphatic carbocycles. The lowest BCUT2D eigenvalue weighted by Crippen LogP contribution is -2.19. The molecule has 0 aliphatic heterocycles. The van der Waals surface area contributed by atoms with Crippen molar-refractivity contribution in [3.8, 4) is 0 Å². The van der Waals surface area contributed by atoms with Gasteiger partial charge in [-0.3, -0.25) is 0 Å². The Bertz CT molecular complexity index is 606. The molecular weight excluding hydrogens is 332 g/mol. The van der Waals surface area contributed by atoms with E-state index in [2.05, 4.69) is 32.0 Å². The summed E-state index contributed by atoms with van der Waals surface area (Å²) in [6.07, 6.45) is 0. The second-order valence-corrected chi connectivity index (χ2v) is 5.51. The Hall–Kier alpha value is -1.66. The zero-order valence-electron chi connectivity index (χ0n) is 12.2. The van der Waals surface area contributed by atoms with Crippen LogP contribution in [0, 0.1) is 0 Å². The van der Waals surface area contributed by atoms with Crippen LogP contribution in [-0.4, -0.2) is 23.6 Å². The molecule has 112 valence electrons. The largest absolute Gasteiger partial charge is 0.384 e. The number of nitrogen functional groups attached to an aromatic ring is 1. The summed E-state index contributed by atoms with van der Waals surface area (Å²) in [5.41, 5.74) is 7.03. The normalized spacial score (nSPS) is 10.6. The second-order valence-electron chi connectivity index (χ2n) is 4.65. The molecule has 0 bridgehead atoms. The molecule has 0 spiro atoms. The van der Waals surface area contributed by atoms with Crippen molar-refractivity contribution in [2.75, 3.05) is 24.3 Å².